The Morgan fingerprint density at radius 3 is 3.00 bits per heavy atom. The van der Waals surface area contributed by atoms with E-state index in [0.717, 1.165) is 30.9 Å². The second-order valence-electron chi connectivity index (χ2n) is 6.74. The van der Waals surface area contributed by atoms with E-state index >= 15 is 0 Å². The number of pyridine rings is 1. The molecule has 0 bridgehead atoms. The molecule has 2 aromatic heterocycles. The summed E-state index contributed by atoms with van der Waals surface area (Å²) in [6.45, 7) is 1.68. The first kappa shape index (κ1) is 15.8. The number of carbonyl (C=O) groups excluding carboxylic acids is 2. The smallest absolute Gasteiger partial charge is 0.225 e. The summed E-state index contributed by atoms with van der Waals surface area (Å²) in [4.78, 5) is 35.1. The summed E-state index contributed by atoms with van der Waals surface area (Å²) < 4.78 is 2.08. The first-order valence-corrected chi connectivity index (χ1v) is 8.67. The summed E-state index contributed by atoms with van der Waals surface area (Å²) in [5.41, 5.74) is 0.844. The highest BCUT2D eigenvalue weighted by atomic mass is 16.2. The van der Waals surface area contributed by atoms with Crippen LogP contribution in [0.1, 0.15) is 24.4 Å². The van der Waals surface area contributed by atoms with Gasteiger partial charge in [-0.2, -0.15) is 0 Å². The number of fused-ring (bicyclic) bond motifs is 1. The van der Waals surface area contributed by atoms with Crippen LogP contribution >= 0.6 is 0 Å². The normalized spacial score (nSPS) is 22.7. The van der Waals surface area contributed by atoms with Crippen LogP contribution in [0.3, 0.4) is 0 Å². The Bertz CT molecular complexity index is 773. The zero-order valence-corrected chi connectivity index (χ0v) is 14.0. The van der Waals surface area contributed by atoms with Crippen molar-refractivity contribution in [1.82, 2.24) is 24.8 Å². The van der Waals surface area contributed by atoms with Crippen molar-refractivity contribution < 1.29 is 9.59 Å². The second kappa shape index (κ2) is 6.66. The molecular weight excluding hydrogens is 318 g/mol. The number of rotatable bonds is 4. The zero-order valence-electron chi connectivity index (χ0n) is 14.0. The highest BCUT2D eigenvalue weighted by Crippen LogP contribution is 2.21. The third-order valence-electron chi connectivity index (χ3n) is 4.95. The first-order valence-electron chi connectivity index (χ1n) is 8.67. The van der Waals surface area contributed by atoms with Gasteiger partial charge in [-0.05, 0) is 18.6 Å². The van der Waals surface area contributed by atoms with Crippen LogP contribution in [0, 0.1) is 5.92 Å². The van der Waals surface area contributed by atoms with Crippen LogP contribution in [-0.4, -0.2) is 43.8 Å². The predicted molar refractivity (Wildman–Crippen MR) is 90.2 cm³/mol. The van der Waals surface area contributed by atoms with Crippen molar-refractivity contribution in [3.05, 3.63) is 48.3 Å². The SMILES string of the molecule is O=C(N[C@H]1CCc2nccn2C1)[C@H]1CC(=O)N(Cc2ccccn2)C1. The summed E-state index contributed by atoms with van der Waals surface area (Å²) in [6.07, 6.45) is 7.50. The fourth-order valence-electron chi connectivity index (χ4n) is 3.59. The number of nitrogens with zero attached hydrogens (tertiary/aromatic N) is 4. The van der Waals surface area contributed by atoms with E-state index in [9.17, 15) is 9.59 Å². The molecule has 0 radical (unpaired) electrons. The predicted octanol–water partition coefficient (Wildman–Crippen LogP) is 0.758. The van der Waals surface area contributed by atoms with Crippen molar-refractivity contribution in [3.8, 4) is 0 Å². The molecule has 1 saturated heterocycles. The molecule has 2 aromatic rings. The van der Waals surface area contributed by atoms with Gasteiger partial charge >= 0.3 is 0 Å². The zero-order chi connectivity index (χ0) is 17.2. The van der Waals surface area contributed by atoms with Crippen LogP contribution in [-0.2, 0) is 29.1 Å². The molecule has 4 rings (SSSR count). The molecule has 130 valence electrons. The average molecular weight is 339 g/mol. The van der Waals surface area contributed by atoms with Crippen LogP contribution < -0.4 is 5.32 Å². The van der Waals surface area contributed by atoms with E-state index < -0.39 is 0 Å². The van der Waals surface area contributed by atoms with Gasteiger partial charge in [0.2, 0.25) is 11.8 Å². The molecule has 25 heavy (non-hydrogen) atoms. The lowest BCUT2D eigenvalue weighted by atomic mass is 10.0. The fraction of sp³-hybridized carbons (Fsp3) is 0.444. The maximum Gasteiger partial charge on any atom is 0.225 e. The van der Waals surface area contributed by atoms with Crippen molar-refractivity contribution in [1.29, 1.82) is 0 Å². The topological polar surface area (TPSA) is 80.1 Å². The van der Waals surface area contributed by atoms with Gasteiger partial charge in [-0.1, -0.05) is 6.07 Å². The Hall–Kier alpha value is -2.70. The Morgan fingerprint density at radius 2 is 2.16 bits per heavy atom. The fourth-order valence-corrected chi connectivity index (χ4v) is 3.59. The van der Waals surface area contributed by atoms with E-state index in [-0.39, 0.29) is 30.2 Å². The van der Waals surface area contributed by atoms with Gasteiger partial charge in [0, 0.05) is 50.6 Å². The number of aryl methyl sites for hydroxylation is 1. The average Bonchev–Trinajstić information content (AvgIpc) is 3.22. The molecule has 4 heterocycles. The molecule has 1 fully saturated rings. The van der Waals surface area contributed by atoms with Crippen LogP contribution in [0.25, 0.3) is 0 Å². The minimum atomic E-state index is -0.277. The Morgan fingerprint density at radius 1 is 1.24 bits per heavy atom. The number of imidazole rings is 1. The summed E-state index contributed by atoms with van der Waals surface area (Å²) in [6, 6.07) is 5.75. The van der Waals surface area contributed by atoms with Gasteiger partial charge in [0.1, 0.15) is 5.82 Å². The number of hydrogen-bond donors (Lipinski definition) is 1. The number of likely N-dealkylation sites (tertiary alicyclic amines) is 1. The Kier molecular flexibility index (Phi) is 4.21. The van der Waals surface area contributed by atoms with Gasteiger partial charge in [-0.3, -0.25) is 14.6 Å². The lowest BCUT2D eigenvalue weighted by Crippen LogP contribution is -2.44. The van der Waals surface area contributed by atoms with Crippen LogP contribution in [0.15, 0.2) is 36.8 Å². The largest absolute Gasteiger partial charge is 0.351 e. The third kappa shape index (κ3) is 3.40. The monoisotopic (exact) mass is 339 g/mol. The van der Waals surface area contributed by atoms with Crippen LogP contribution in [0.5, 0.6) is 0 Å². The molecule has 0 spiro atoms. The van der Waals surface area contributed by atoms with Crippen LogP contribution in [0.2, 0.25) is 0 Å². The molecule has 7 nitrogen and oxygen atoms in total. The Balaban J connectivity index is 1.33. The van der Waals surface area contributed by atoms with Gasteiger partial charge in [-0.25, -0.2) is 4.98 Å². The number of hydrogen-bond acceptors (Lipinski definition) is 4. The van der Waals surface area contributed by atoms with E-state index in [1.54, 1.807) is 17.3 Å². The molecular formula is C18H21N5O2. The van der Waals surface area contributed by atoms with E-state index in [4.69, 9.17) is 0 Å². The number of amides is 2. The number of carbonyl (C=O) groups is 2. The maximum absolute atomic E-state index is 12.6. The first-order chi connectivity index (χ1) is 12.2. The number of aromatic nitrogens is 3. The molecule has 0 unspecified atom stereocenters. The second-order valence-corrected chi connectivity index (χ2v) is 6.74. The lowest BCUT2D eigenvalue weighted by Gasteiger charge is -2.26. The van der Waals surface area contributed by atoms with Gasteiger partial charge in [0.15, 0.2) is 0 Å². The lowest BCUT2D eigenvalue weighted by molar-refractivity contribution is -0.129. The van der Waals surface area contributed by atoms with Gasteiger partial charge in [0.05, 0.1) is 18.2 Å². The standard InChI is InChI=1S/C18H21N5O2/c24-17-9-13(10-23(17)11-14-3-1-2-6-19-14)18(25)21-15-4-5-16-20-7-8-22(16)12-15/h1-3,6-8,13,15H,4-5,9-12H2,(H,21,25)/t13-,15-/m0/s1. The molecule has 7 heteroatoms. The molecule has 0 saturated carbocycles. The number of nitrogens with one attached hydrogen (secondary N) is 1. The van der Waals surface area contributed by atoms with E-state index in [1.165, 1.54) is 0 Å². The molecule has 0 aromatic carbocycles. The van der Waals surface area contributed by atoms with Crippen molar-refractivity contribution in [2.75, 3.05) is 6.54 Å². The minimum Gasteiger partial charge on any atom is -0.351 e. The molecule has 2 aliphatic heterocycles. The van der Waals surface area contributed by atoms with Crippen molar-refractivity contribution in [3.63, 3.8) is 0 Å². The highest BCUT2D eigenvalue weighted by Gasteiger charge is 2.35. The van der Waals surface area contributed by atoms with E-state index in [2.05, 4.69) is 19.9 Å². The molecule has 2 atom stereocenters. The molecule has 2 aliphatic rings. The Labute approximate surface area is 146 Å². The van der Waals surface area contributed by atoms with Crippen molar-refractivity contribution in [2.45, 2.75) is 38.4 Å². The summed E-state index contributed by atoms with van der Waals surface area (Å²) in [7, 11) is 0. The third-order valence-corrected chi connectivity index (χ3v) is 4.95. The van der Waals surface area contributed by atoms with E-state index in [0.29, 0.717) is 13.1 Å². The van der Waals surface area contributed by atoms with Gasteiger partial charge in [-0.15, -0.1) is 0 Å². The summed E-state index contributed by atoms with van der Waals surface area (Å²) in [5, 5.41) is 3.11. The molecule has 2 amide bonds. The highest BCUT2D eigenvalue weighted by molar-refractivity contribution is 5.89. The van der Waals surface area contributed by atoms with Crippen molar-refractivity contribution in [2.24, 2.45) is 5.92 Å². The summed E-state index contributed by atoms with van der Waals surface area (Å²) in [5.74, 6) is 0.792. The maximum atomic E-state index is 12.6. The molecule has 0 aliphatic carbocycles. The van der Waals surface area contributed by atoms with Gasteiger partial charge in [0.25, 0.3) is 0 Å². The quantitative estimate of drug-likeness (QED) is 0.892. The van der Waals surface area contributed by atoms with Gasteiger partial charge < -0.3 is 14.8 Å². The minimum absolute atomic E-state index is 0.0198. The van der Waals surface area contributed by atoms with Crippen molar-refractivity contribution >= 4 is 11.8 Å². The van der Waals surface area contributed by atoms with E-state index in [1.807, 2.05) is 24.4 Å². The molecule has 1 N–H and O–H groups in total. The van der Waals surface area contributed by atoms with Crippen LogP contribution in [0.4, 0.5) is 0 Å². The summed E-state index contributed by atoms with van der Waals surface area (Å²) >= 11 is 0.